The van der Waals surface area contributed by atoms with E-state index in [0.717, 1.165) is 23.5 Å². The number of furan rings is 1. The van der Waals surface area contributed by atoms with Crippen LogP contribution >= 0.6 is 0 Å². The van der Waals surface area contributed by atoms with Crippen LogP contribution in [-0.4, -0.2) is 35.0 Å². The van der Waals surface area contributed by atoms with Gasteiger partial charge in [-0.05, 0) is 50.2 Å². The Labute approximate surface area is 146 Å². The maximum atomic E-state index is 12.2. The highest BCUT2D eigenvalue weighted by molar-refractivity contribution is 5.94. The second kappa shape index (κ2) is 8.19. The Morgan fingerprint density at radius 1 is 1.16 bits per heavy atom. The van der Waals surface area contributed by atoms with Gasteiger partial charge >= 0.3 is 5.97 Å². The molecule has 0 aliphatic carbocycles. The van der Waals surface area contributed by atoms with Gasteiger partial charge in [0.2, 0.25) is 5.91 Å². The van der Waals surface area contributed by atoms with Gasteiger partial charge in [0.25, 0.3) is 0 Å². The number of carbonyl (C=O) groups is 2. The maximum absolute atomic E-state index is 12.2. The van der Waals surface area contributed by atoms with Crippen molar-refractivity contribution in [2.45, 2.75) is 26.4 Å². The van der Waals surface area contributed by atoms with Crippen LogP contribution in [0.5, 0.6) is 5.75 Å². The van der Waals surface area contributed by atoms with Gasteiger partial charge in [-0.1, -0.05) is 0 Å². The van der Waals surface area contributed by atoms with Crippen molar-refractivity contribution < 1.29 is 23.8 Å². The molecule has 132 valence electrons. The van der Waals surface area contributed by atoms with Crippen LogP contribution in [0.3, 0.4) is 0 Å². The predicted octanol–water partition coefficient (Wildman–Crippen LogP) is 3.33. The van der Waals surface area contributed by atoms with Gasteiger partial charge in [0.05, 0.1) is 13.7 Å². The van der Waals surface area contributed by atoms with Gasteiger partial charge in [-0.25, -0.2) is 4.79 Å². The number of carboxylic acid groups (broad SMARTS) is 1. The van der Waals surface area contributed by atoms with Crippen LogP contribution < -0.4 is 4.74 Å². The summed E-state index contributed by atoms with van der Waals surface area (Å²) in [5.74, 6) is 0.542. The molecule has 25 heavy (non-hydrogen) atoms. The molecule has 0 unspecified atom stereocenters. The summed E-state index contributed by atoms with van der Waals surface area (Å²) in [6.45, 7) is 3.98. The highest BCUT2D eigenvalue weighted by atomic mass is 16.5. The second-order valence-electron chi connectivity index (χ2n) is 5.73. The van der Waals surface area contributed by atoms with Crippen molar-refractivity contribution in [2.75, 3.05) is 7.11 Å². The Hall–Kier alpha value is -3.02. The van der Waals surface area contributed by atoms with Gasteiger partial charge in [-0.15, -0.1) is 0 Å². The van der Waals surface area contributed by atoms with E-state index in [-0.39, 0.29) is 18.5 Å². The Kier molecular flexibility index (Phi) is 6.00. The number of amides is 1. The molecule has 0 atom stereocenters. The number of hydrogen-bond acceptors (Lipinski definition) is 4. The molecule has 0 spiro atoms. The lowest BCUT2D eigenvalue weighted by Gasteiger charge is -2.24. The quantitative estimate of drug-likeness (QED) is 0.780. The molecule has 0 saturated carbocycles. The summed E-state index contributed by atoms with van der Waals surface area (Å²) in [7, 11) is 1.61. The lowest BCUT2D eigenvalue weighted by Crippen LogP contribution is -2.35. The lowest BCUT2D eigenvalue weighted by molar-refractivity contribution is -0.132. The van der Waals surface area contributed by atoms with E-state index in [4.69, 9.17) is 14.3 Å². The second-order valence-corrected chi connectivity index (χ2v) is 5.73. The largest absolute Gasteiger partial charge is 0.497 e. The zero-order valence-electron chi connectivity index (χ0n) is 14.4. The van der Waals surface area contributed by atoms with E-state index in [1.807, 2.05) is 50.2 Å². The highest BCUT2D eigenvalue weighted by Crippen LogP contribution is 2.25. The van der Waals surface area contributed by atoms with Crippen LogP contribution in [0.2, 0.25) is 0 Å². The molecule has 1 aromatic carbocycles. The van der Waals surface area contributed by atoms with Crippen LogP contribution in [0.25, 0.3) is 11.3 Å². The smallest absolute Gasteiger partial charge is 0.328 e. The first-order valence-corrected chi connectivity index (χ1v) is 7.85. The number of aliphatic carboxylic acids is 1. The summed E-state index contributed by atoms with van der Waals surface area (Å²) in [6.07, 6.45) is 1.89. The van der Waals surface area contributed by atoms with Gasteiger partial charge in [0, 0.05) is 23.8 Å². The van der Waals surface area contributed by atoms with Crippen LogP contribution in [0, 0.1) is 0 Å². The minimum absolute atomic E-state index is 0.0968. The van der Waals surface area contributed by atoms with Crippen LogP contribution in [0.15, 0.2) is 53.0 Å². The number of benzene rings is 1. The number of hydrogen-bond donors (Lipinski definition) is 1. The minimum atomic E-state index is -1.16. The molecule has 1 N–H and O–H groups in total. The maximum Gasteiger partial charge on any atom is 0.328 e. The molecule has 0 bridgehead atoms. The monoisotopic (exact) mass is 343 g/mol. The average Bonchev–Trinajstić information content (AvgIpc) is 3.06. The van der Waals surface area contributed by atoms with Crippen molar-refractivity contribution in [1.29, 1.82) is 0 Å². The molecular formula is C19H21NO5. The fourth-order valence-electron chi connectivity index (χ4n) is 2.29. The van der Waals surface area contributed by atoms with E-state index in [1.165, 1.54) is 4.90 Å². The van der Waals surface area contributed by atoms with Crippen molar-refractivity contribution in [3.63, 3.8) is 0 Å². The Morgan fingerprint density at radius 2 is 1.84 bits per heavy atom. The summed E-state index contributed by atoms with van der Waals surface area (Å²) in [4.78, 5) is 24.3. The third-order valence-electron chi connectivity index (χ3n) is 3.64. The van der Waals surface area contributed by atoms with Crippen molar-refractivity contribution >= 4 is 11.9 Å². The number of methoxy groups -OCH3 is 1. The van der Waals surface area contributed by atoms with Crippen molar-refractivity contribution in [3.05, 3.63) is 54.3 Å². The van der Waals surface area contributed by atoms with Gasteiger partial charge in [-0.2, -0.15) is 0 Å². The predicted molar refractivity (Wildman–Crippen MR) is 93.2 cm³/mol. The van der Waals surface area contributed by atoms with Gasteiger partial charge in [0.1, 0.15) is 17.3 Å². The molecule has 0 radical (unpaired) electrons. The van der Waals surface area contributed by atoms with Crippen molar-refractivity contribution in [3.8, 4) is 17.1 Å². The summed E-state index contributed by atoms with van der Waals surface area (Å²) in [6, 6.07) is 11.0. The molecule has 0 aliphatic rings. The SMILES string of the molecule is COc1ccc(-c2ccc(CN(C(=O)/C=C\C(=O)O)C(C)C)o2)cc1. The highest BCUT2D eigenvalue weighted by Gasteiger charge is 2.17. The lowest BCUT2D eigenvalue weighted by atomic mass is 10.2. The Bertz CT molecular complexity index is 758. The van der Waals surface area contributed by atoms with Gasteiger partial charge in [-0.3, -0.25) is 4.79 Å². The van der Waals surface area contributed by atoms with E-state index < -0.39 is 5.97 Å². The number of carbonyl (C=O) groups excluding carboxylic acids is 1. The molecule has 6 heteroatoms. The zero-order valence-corrected chi connectivity index (χ0v) is 14.4. The summed E-state index contributed by atoms with van der Waals surface area (Å²) < 4.78 is 11.0. The molecule has 1 amide bonds. The van der Waals surface area contributed by atoms with E-state index in [2.05, 4.69) is 0 Å². The molecule has 2 rings (SSSR count). The van der Waals surface area contributed by atoms with E-state index in [1.54, 1.807) is 7.11 Å². The third-order valence-corrected chi connectivity index (χ3v) is 3.64. The Balaban J connectivity index is 2.14. The van der Waals surface area contributed by atoms with E-state index >= 15 is 0 Å². The van der Waals surface area contributed by atoms with Gasteiger partial charge < -0.3 is 19.2 Å². The van der Waals surface area contributed by atoms with Gasteiger partial charge in [0.15, 0.2) is 0 Å². The molecule has 0 aliphatic heterocycles. The number of ether oxygens (including phenoxy) is 1. The zero-order chi connectivity index (χ0) is 18.4. The molecule has 1 aromatic heterocycles. The first-order chi connectivity index (χ1) is 11.9. The summed E-state index contributed by atoms with van der Waals surface area (Å²) in [5, 5.41) is 8.65. The first-order valence-electron chi connectivity index (χ1n) is 7.85. The first kappa shape index (κ1) is 18.3. The third kappa shape index (κ3) is 4.97. The number of nitrogens with zero attached hydrogens (tertiary/aromatic N) is 1. The fraction of sp³-hybridized carbons (Fsp3) is 0.263. The van der Waals surface area contributed by atoms with Crippen LogP contribution in [0.4, 0.5) is 0 Å². The average molecular weight is 343 g/mol. The molecule has 0 saturated heterocycles. The number of carboxylic acids is 1. The molecule has 0 fully saturated rings. The topological polar surface area (TPSA) is 80.0 Å². The van der Waals surface area contributed by atoms with E-state index in [0.29, 0.717) is 11.5 Å². The normalized spacial score (nSPS) is 11.0. The standard InChI is InChI=1S/C19H21NO5/c1-13(2)20(18(21)10-11-19(22)23)12-16-8-9-17(25-16)14-4-6-15(24-3)7-5-14/h4-11,13H,12H2,1-3H3,(H,22,23)/b11-10-. The Morgan fingerprint density at radius 3 is 2.40 bits per heavy atom. The van der Waals surface area contributed by atoms with Crippen LogP contribution in [-0.2, 0) is 16.1 Å². The molecule has 2 aromatic rings. The molecular weight excluding hydrogens is 322 g/mol. The van der Waals surface area contributed by atoms with E-state index in [9.17, 15) is 9.59 Å². The van der Waals surface area contributed by atoms with Crippen molar-refractivity contribution in [1.82, 2.24) is 4.90 Å². The minimum Gasteiger partial charge on any atom is -0.497 e. The fourth-order valence-corrected chi connectivity index (χ4v) is 2.29. The molecule has 6 nitrogen and oxygen atoms in total. The van der Waals surface area contributed by atoms with Crippen molar-refractivity contribution in [2.24, 2.45) is 0 Å². The van der Waals surface area contributed by atoms with Crippen LogP contribution in [0.1, 0.15) is 19.6 Å². The summed E-state index contributed by atoms with van der Waals surface area (Å²) >= 11 is 0. The number of rotatable bonds is 7. The molecule has 1 heterocycles. The summed E-state index contributed by atoms with van der Waals surface area (Å²) in [5.41, 5.74) is 0.903.